The number of carbonyl (C=O) groups is 2. The van der Waals surface area contributed by atoms with Crippen LogP contribution in [0.3, 0.4) is 0 Å². The number of hydrogen-bond acceptors (Lipinski definition) is 4. The van der Waals surface area contributed by atoms with E-state index < -0.39 is 29.5 Å². The SMILES string of the molecule is C[C@H](c1ccncc1)N1C[C@@]23C=C[C@@H](O2)[C@H](C(=O)O)[C@H]3C1=O. The zero-order chi connectivity index (χ0) is 15.5. The Hall–Kier alpha value is -2.21. The molecule has 5 atom stereocenters. The van der Waals surface area contributed by atoms with Gasteiger partial charge in [-0.2, -0.15) is 0 Å². The van der Waals surface area contributed by atoms with Gasteiger partial charge in [0.15, 0.2) is 0 Å². The summed E-state index contributed by atoms with van der Waals surface area (Å²) in [5.41, 5.74) is 0.205. The van der Waals surface area contributed by atoms with E-state index in [0.717, 1.165) is 5.56 Å². The maximum Gasteiger partial charge on any atom is 0.310 e. The molecule has 0 saturated carbocycles. The largest absolute Gasteiger partial charge is 0.481 e. The van der Waals surface area contributed by atoms with Crippen LogP contribution >= 0.6 is 0 Å². The Kier molecular flexibility index (Phi) is 2.69. The molecular weight excluding hydrogens is 284 g/mol. The number of carboxylic acids is 1. The van der Waals surface area contributed by atoms with E-state index in [0.29, 0.717) is 6.54 Å². The quantitative estimate of drug-likeness (QED) is 0.843. The van der Waals surface area contributed by atoms with Crippen LogP contribution in [0.15, 0.2) is 36.7 Å². The predicted molar refractivity (Wildman–Crippen MR) is 75.7 cm³/mol. The van der Waals surface area contributed by atoms with Crippen LogP contribution in [-0.4, -0.2) is 45.1 Å². The molecule has 3 aliphatic heterocycles. The van der Waals surface area contributed by atoms with Crippen molar-refractivity contribution < 1.29 is 19.4 Å². The first-order valence-electron chi connectivity index (χ1n) is 7.34. The van der Waals surface area contributed by atoms with Crippen molar-refractivity contribution in [2.45, 2.75) is 24.7 Å². The second kappa shape index (κ2) is 4.39. The summed E-state index contributed by atoms with van der Waals surface area (Å²) >= 11 is 0. The summed E-state index contributed by atoms with van der Waals surface area (Å²) in [6.45, 7) is 2.34. The van der Waals surface area contributed by atoms with E-state index in [1.165, 1.54) is 0 Å². The molecule has 3 aliphatic rings. The van der Waals surface area contributed by atoms with Crippen LogP contribution < -0.4 is 0 Å². The van der Waals surface area contributed by atoms with Gasteiger partial charge >= 0.3 is 5.97 Å². The molecule has 2 bridgehead atoms. The first-order chi connectivity index (χ1) is 10.5. The average Bonchev–Trinajstić information content (AvgIpc) is 3.15. The third kappa shape index (κ3) is 1.61. The van der Waals surface area contributed by atoms with Crippen LogP contribution in [0.2, 0.25) is 0 Å². The number of rotatable bonds is 3. The van der Waals surface area contributed by atoms with Gasteiger partial charge in [-0.1, -0.05) is 12.2 Å². The summed E-state index contributed by atoms with van der Waals surface area (Å²) in [6.07, 6.45) is 6.55. The zero-order valence-corrected chi connectivity index (χ0v) is 12.0. The van der Waals surface area contributed by atoms with Gasteiger partial charge in [-0.3, -0.25) is 14.6 Å². The number of likely N-dealkylation sites (tertiary alicyclic amines) is 1. The lowest BCUT2D eigenvalue weighted by Gasteiger charge is -2.27. The Balaban J connectivity index is 1.68. The molecule has 114 valence electrons. The van der Waals surface area contributed by atoms with Crippen LogP contribution in [0.25, 0.3) is 0 Å². The highest BCUT2D eigenvalue weighted by atomic mass is 16.5. The van der Waals surface area contributed by atoms with Gasteiger partial charge < -0.3 is 14.7 Å². The van der Waals surface area contributed by atoms with Crippen molar-refractivity contribution in [3.05, 3.63) is 42.2 Å². The first kappa shape index (κ1) is 13.5. The number of aromatic nitrogens is 1. The van der Waals surface area contributed by atoms with Crippen LogP contribution in [0, 0.1) is 11.8 Å². The smallest absolute Gasteiger partial charge is 0.310 e. The van der Waals surface area contributed by atoms with Crippen LogP contribution in [0.5, 0.6) is 0 Å². The van der Waals surface area contributed by atoms with Crippen molar-refractivity contribution in [2.75, 3.05) is 6.54 Å². The fourth-order valence-corrected chi connectivity index (χ4v) is 3.96. The van der Waals surface area contributed by atoms with Crippen molar-refractivity contribution in [1.82, 2.24) is 9.88 Å². The molecule has 4 heterocycles. The lowest BCUT2D eigenvalue weighted by atomic mass is 9.77. The minimum atomic E-state index is -0.965. The van der Waals surface area contributed by atoms with Gasteiger partial charge in [0.2, 0.25) is 5.91 Å². The van der Waals surface area contributed by atoms with Crippen molar-refractivity contribution in [1.29, 1.82) is 0 Å². The molecule has 2 fully saturated rings. The summed E-state index contributed by atoms with van der Waals surface area (Å²) in [6, 6.07) is 3.60. The van der Waals surface area contributed by atoms with Crippen LogP contribution in [0.4, 0.5) is 0 Å². The Bertz CT molecular complexity index is 674. The van der Waals surface area contributed by atoms with Crippen molar-refractivity contribution >= 4 is 11.9 Å². The highest BCUT2D eigenvalue weighted by Crippen LogP contribution is 2.53. The van der Waals surface area contributed by atoms with E-state index in [1.807, 2.05) is 25.1 Å². The van der Waals surface area contributed by atoms with E-state index >= 15 is 0 Å². The van der Waals surface area contributed by atoms with E-state index in [-0.39, 0.29) is 11.9 Å². The second-order valence-electron chi connectivity index (χ2n) is 6.16. The van der Waals surface area contributed by atoms with Crippen molar-refractivity contribution in [3.63, 3.8) is 0 Å². The average molecular weight is 300 g/mol. The summed E-state index contributed by atoms with van der Waals surface area (Å²) in [5.74, 6) is -2.51. The first-order valence-corrected chi connectivity index (χ1v) is 7.34. The van der Waals surface area contributed by atoms with Gasteiger partial charge in [0, 0.05) is 12.4 Å². The molecule has 0 radical (unpaired) electrons. The topological polar surface area (TPSA) is 79.7 Å². The number of hydrogen-bond donors (Lipinski definition) is 1. The summed E-state index contributed by atoms with van der Waals surface area (Å²) in [7, 11) is 0. The van der Waals surface area contributed by atoms with Gasteiger partial charge in [0.1, 0.15) is 11.5 Å². The zero-order valence-electron chi connectivity index (χ0n) is 12.0. The maximum absolute atomic E-state index is 12.8. The molecule has 1 aromatic heterocycles. The number of nitrogens with zero attached hydrogens (tertiary/aromatic N) is 2. The Morgan fingerprint density at radius 3 is 2.91 bits per heavy atom. The van der Waals surface area contributed by atoms with Crippen molar-refractivity contribution in [3.8, 4) is 0 Å². The molecule has 1 aromatic rings. The van der Waals surface area contributed by atoms with Crippen LogP contribution in [-0.2, 0) is 14.3 Å². The normalized spacial score (nSPS) is 36.7. The van der Waals surface area contributed by atoms with E-state index in [9.17, 15) is 14.7 Å². The molecule has 0 unspecified atom stereocenters. The number of carbonyl (C=O) groups excluding carboxylic acids is 1. The number of pyridine rings is 1. The fraction of sp³-hybridized carbons (Fsp3) is 0.438. The van der Waals surface area contributed by atoms with Gasteiger partial charge in [0.05, 0.1) is 24.6 Å². The molecule has 1 spiro atoms. The van der Waals surface area contributed by atoms with Gasteiger partial charge in [0.25, 0.3) is 0 Å². The number of carboxylic acid groups (broad SMARTS) is 1. The van der Waals surface area contributed by atoms with Crippen molar-refractivity contribution in [2.24, 2.45) is 11.8 Å². The number of fused-ring (bicyclic) bond motifs is 1. The summed E-state index contributed by atoms with van der Waals surface area (Å²) in [5, 5.41) is 9.45. The number of aliphatic carboxylic acids is 1. The molecule has 22 heavy (non-hydrogen) atoms. The van der Waals surface area contributed by atoms with Gasteiger partial charge in [-0.05, 0) is 24.6 Å². The third-order valence-corrected chi connectivity index (χ3v) is 5.07. The molecular formula is C16H16N2O4. The Morgan fingerprint density at radius 1 is 1.50 bits per heavy atom. The number of ether oxygens (including phenoxy) is 1. The molecule has 1 amide bonds. The molecule has 1 N–H and O–H groups in total. The molecule has 0 aromatic carbocycles. The lowest BCUT2D eigenvalue weighted by Crippen LogP contribution is -2.39. The summed E-state index contributed by atoms with van der Waals surface area (Å²) < 4.78 is 5.88. The minimum Gasteiger partial charge on any atom is -0.481 e. The highest BCUT2D eigenvalue weighted by Gasteiger charge is 2.67. The monoisotopic (exact) mass is 300 g/mol. The Morgan fingerprint density at radius 2 is 2.23 bits per heavy atom. The van der Waals surface area contributed by atoms with E-state index in [4.69, 9.17) is 4.74 Å². The predicted octanol–water partition coefficient (Wildman–Crippen LogP) is 1.01. The van der Waals surface area contributed by atoms with Gasteiger partial charge in [-0.15, -0.1) is 0 Å². The molecule has 4 rings (SSSR count). The minimum absolute atomic E-state index is 0.136. The van der Waals surface area contributed by atoms with E-state index in [1.54, 1.807) is 23.4 Å². The fourth-order valence-electron chi connectivity index (χ4n) is 3.96. The molecule has 2 saturated heterocycles. The number of amides is 1. The highest BCUT2D eigenvalue weighted by molar-refractivity contribution is 5.91. The second-order valence-corrected chi connectivity index (χ2v) is 6.16. The lowest BCUT2D eigenvalue weighted by molar-refractivity contribution is -0.148. The molecule has 6 heteroatoms. The van der Waals surface area contributed by atoms with E-state index in [2.05, 4.69) is 4.98 Å². The standard InChI is InChI=1S/C16H16N2O4/c1-9(10-3-6-17-7-4-10)18-8-16-5-2-11(22-16)12(15(20)21)13(16)14(18)19/h2-7,9,11-13H,8H2,1H3,(H,20,21)/t9-,11-,12+,13+,16-/m1/s1. The van der Waals surface area contributed by atoms with Gasteiger partial charge in [-0.25, -0.2) is 0 Å². The Labute approximate surface area is 127 Å². The van der Waals surface area contributed by atoms with Crippen LogP contribution in [0.1, 0.15) is 18.5 Å². The maximum atomic E-state index is 12.8. The molecule has 6 nitrogen and oxygen atoms in total. The molecule has 0 aliphatic carbocycles. The summed E-state index contributed by atoms with van der Waals surface area (Å²) in [4.78, 5) is 30.1. The third-order valence-electron chi connectivity index (χ3n) is 5.07.